The van der Waals surface area contributed by atoms with Crippen molar-refractivity contribution in [3.63, 3.8) is 0 Å². The molecule has 0 bridgehead atoms. The van der Waals surface area contributed by atoms with Gasteiger partial charge in [-0.1, -0.05) is 190 Å². The predicted molar refractivity (Wildman–Crippen MR) is 270 cm³/mol. The summed E-state index contributed by atoms with van der Waals surface area (Å²) >= 11 is 0. The van der Waals surface area contributed by atoms with Gasteiger partial charge in [0.05, 0.1) is 0 Å². The zero-order valence-corrected chi connectivity index (χ0v) is 37.5. The molecule has 0 unspecified atom stereocenters. The number of hydrogen-bond acceptors (Lipinski definition) is 7. The second-order valence-electron chi connectivity index (χ2n) is 16.9. The van der Waals surface area contributed by atoms with Crippen LogP contribution < -0.4 is 4.74 Å². The van der Waals surface area contributed by atoms with Crippen LogP contribution in [0, 0.1) is 6.92 Å². The zero-order chi connectivity index (χ0) is 45.8. The lowest BCUT2D eigenvalue weighted by atomic mass is 9.75. The minimum atomic E-state index is -0.291. The van der Waals surface area contributed by atoms with Crippen LogP contribution in [0.3, 0.4) is 0 Å². The van der Waals surface area contributed by atoms with E-state index in [1.54, 1.807) is 6.08 Å². The highest BCUT2D eigenvalue weighted by Crippen LogP contribution is 2.48. The molecule has 0 radical (unpaired) electrons. The first-order chi connectivity index (χ1) is 32.0. The van der Waals surface area contributed by atoms with Gasteiger partial charge in [0.25, 0.3) is 0 Å². The molecule has 0 amide bonds. The molecule has 6 aromatic carbocycles. The van der Waals surface area contributed by atoms with E-state index < -0.39 is 0 Å². The second kappa shape index (κ2) is 18.4. The minimum absolute atomic E-state index is 0.291. The Labute approximate surface area is 386 Å². The van der Waals surface area contributed by atoms with Gasteiger partial charge in [-0.2, -0.15) is 0 Å². The van der Waals surface area contributed by atoms with Crippen molar-refractivity contribution in [1.29, 1.82) is 0 Å². The summed E-state index contributed by atoms with van der Waals surface area (Å²) < 4.78 is 6.36. The average Bonchev–Trinajstić information content (AvgIpc) is 3.34. The molecule has 1 aliphatic rings. The molecule has 320 valence electrons. The Bertz CT molecular complexity index is 3270. The molecular formula is C59H48N6O. The van der Waals surface area contributed by atoms with Gasteiger partial charge in [0.1, 0.15) is 11.5 Å². The van der Waals surface area contributed by atoms with Crippen LogP contribution >= 0.6 is 0 Å². The highest BCUT2D eigenvalue weighted by Gasteiger charge is 2.34. The summed E-state index contributed by atoms with van der Waals surface area (Å²) in [4.78, 5) is 29.6. The third-order valence-electron chi connectivity index (χ3n) is 11.5. The van der Waals surface area contributed by atoms with Crippen molar-refractivity contribution < 1.29 is 4.74 Å². The van der Waals surface area contributed by atoms with E-state index in [2.05, 4.69) is 113 Å². The summed E-state index contributed by atoms with van der Waals surface area (Å²) in [6, 6.07) is 49.2. The monoisotopic (exact) mass is 856 g/mol. The molecule has 3 heterocycles. The highest BCUT2D eigenvalue weighted by atomic mass is 16.5. The fraction of sp³-hybridized carbons (Fsp3) is 0.0847. The van der Waals surface area contributed by atoms with E-state index in [1.165, 1.54) is 0 Å². The summed E-state index contributed by atoms with van der Waals surface area (Å²) in [5, 5.41) is 0. The number of ether oxygens (including phenoxy) is 1. The molecule has 7 heteroatoms. The minimum Gasteiger partial charge on any atom is -0.457 e. The molecular weight excluding hydrogens is 809 g/mol. The maximum atomic E-state index is 6.36. The van der Waals surface area contributed by atoms with E-state index in [4.69, 9.17) is 34.6 Å². The van der Waals surface area contributed by atoms with E-state index in [9.17, 15) is 0 Å². The second-order valence-corrected chi connectivity index (χ2v) is 16.9. The van der Waals surface area contributed by atoms with E-state index >= 15 is 0 Å². The van der Waals surface area contributed by atoms with Crippen molar-refractivity contribution in [3.8, 4) is 68.2 Å². The Morgan fingerprint density at radius 1 is 0.530 bits per heavy atom. The van der Waals surface area contributed by atoms with Crippen LogP contribution in [0.1, 0.15) is 54.7 Å². The van der Waals surface area contributed by atoms with Gasteiger partial charge in [0, 0.05) is 49.9 Å². The van der Waals surface area contributed by atoms with Crippen molar-refractivity contribution >= 4 is 17.2 Å². The first-order valence-corrected chi connectivity index (χ1v) is 21.8. The third-order valence-corrected chi connectivity index (χ3v) is 11.5. The highest BCUT2D eigenvalue weighted by molar-refractivity contribution is 5.77. The fourth-order valence-corrected chi connectivity index (χ4v) is 7.94. The smallest absolute Gasteiger partial charge is 0.164 e. The van der Waals surface area contributed by atoms with Crippen molar-refractivity contribution in [3.05, 3.63) is 235 Å². The molecule has 1 aliphatic heterocycles. The summed E-state index contributed by atoms with van der Waals surface area (Å²) in [5.41, 5.74) is 12.1. The van der Waals surface area contributed by atoms with Crippen molar-refractivity contribution in [2.75, 3.05) is 0 Å². The van der Waals surface area contributed by atoms with E-state index in [0.29, 0.717) is 40.5 Å². The average molecular weight is 857 g/mol. The molecule has 0 fully saturated rings. The van der Waals surface area contributed by atoms with Crippen LogP contribution in [0.5, 0.6) is 11.5 Å². The van der Waals surface area contributed by atoms with Crippen LogP contribution in [-0.2, 0) is 5.41 Å². The number of para-hydroxylation sites is 1. The third kappa shape index (κ3) is 9.14. The fourth-order valence-electron chi connectivity index (χ4n) is 7.94. The Kier molecular flexibility index (Phi) is 11.9. The topological polar surface area (TPSA) is 86.6 Å². The van der Waals surface area contributed by atoms with Gasteiger partial charge in [-0.05, 0) is 66.9 Å². The number of benzene rings is 6. The Hall–Kier alpha value is -8.42. The quantitative estimate of drug-likeness (QED) is 0.113. The molecule has 0 saturated heterocycles. The lowest BCUT2D eigenvalue weighted by Crippen LogP contribution is -2.24. The van der Waals surface area contributed by atoms with E-state index in [-0.39, 0.29) is 5.41 Å². The molecule has 9 rings (SSSR count). The van der Waals surface area contributed by atoms with Gasteiger partial charge in [-0.25, -0.2) is 29.9 Å². The molecule has 0 aliphatic carbocycles. The van der Waals surface area contributed by atoms with Gasteiger partial charge < -0.3 is 4.74 Å². The summed E-state index contributed by atoms with van der Waals surface area (Å²) in [6.07, 6.45) is 11.6. The van der Waals surface area contributed by atoms with Gasteiger partial charge >= 0.3 is 0 Å². The molecule has 0 saturated carbocycles. The number of aromatic nitrogens is 6. The van der Waals surface area contributed by atoms with Gasteiger partial charge in [-0.15, -0.1) is 0 Å². The van der Waals surface area contributed by atoms with E-state index in [1.807, 2.05) is 110 Å². The maximum Gasteiger partial charge on any atom is 0.164 e. The lowest BCUT2D eigenvalue weighted by molar-refractivity contribution is 0.418. The maximum absolute atomic E-state index is 6.36. The molecule has 0 spiro atoms. The number of allylic oxidation sites excluding steroid dienone is 8. The van der Waals surface area contributed by atoms with Gasteiger partial charge in [0.15, 0.2) is 34.9 Å². The SMILES string of the molecule is C=C/C(=C\C=C\c1cccc(-c2ccc(-c3nc(C(=C)/C=C\C(=C)C)nc(-c4cccc(C)c4)n3)cc2)c1)c1nc(-c2ccccc2)nc(-c2ccc3c(c2)C(C)(C)c2ccccc2O3)n1. The Morgan fingerprint density at radius 3 is 1.82 bits per heavy atom. The van der Waals surface area contributed by atoms with Crippen molar-refractivity contribution in [1.82, 2.24) is 29.9 Å². The molecule has 2 aromatic heterocycles. The zero-order valence-electron chi connectivity index (χ0n) is 37.5. The molecule has 7 nitrogen and oxygen atoms in total. The van der Waals surface area contributed by atoms with Crippen LogP contribution in [0.4, 0.5) is 0 Å². The van der Waals surface area contributed by atoms with Gasteiger partial charge in [-0.3, -0.25) is 0 Å². The Morgan fingerprint density at radius 2 is 1.11 bits per heavy atom. The van der Waals surface area contributed by atoms with Gasteiger partial charge in [0.2, 0.25) is 0 Å². The van der Waals surface area contributed by atoms with Crippen LogP contribution in [-0.4, -0.2) is 29.9 Å². The first kappa shape index (κ1) is 42.9. The number of nitrogens with zero attached hydrogens (tertiary/aromatic N) is 6. The van der Waals surface area contributed by atoms with Crippen LogP contribution in [0.2, 0.25) is 0 Å². The van der Waals surface area contributed by atoms with Crippen LogP contribution in [0.25, 0.3) is 73.9 Å². The lowest BCUT2D eigenvalue weighted by Gasteiger charge is -2.34. The standard InChI is InChI=1S/C59H48N6O/c1-8-42(54-62-55(44-20-10-9-11-21-44)64-58(63-54)48-33-34-52-50(37-48)59(6,7)49-25-12-13-26-51(49)66-52)22-15-18-41-19-16-23-46(36-41)43-29-31-45(32-30-43)56-60-53(40(5)28-27-38(2)3)61-57(65-56)47-24-14-17-39(4)35-47/h8-37H,1-2,5H2,3-4,6-7H3/b18-15+,28-27-,42-22+. The first-order valence-electron chi connectivity index (χ1n) is 21.8. The summed E-state index contributed by atoms with van der Waals surface area (Å²) in [7, 11) is 0. The molecule has 66 heavy (non-hydrogen) atoms. The molecule has 8 aromatic rings. The number of rotatable bonds is 12. The largest absolute Gasteiger partial charge is 0.457 e. The molecule has 0 atom stereocenters. The number of hydrogen-bond donors (Lipinski definition) is 0. The predicted octanol–water partition coefficient (Wildman–Crippen LogP) is 14.6. The molecule has 0 N–H and O–H groups in total. The van der Waals surface area contributed by atoms with Crippen molar-refractivity contribution in [2.24, 2.45) is 0 Å². The Balaban J connectivity index is 0.997. The van der Waals surface area contributed by atoms with E-state index in [0.717, 1.165) is 78.3 Å². The summed E-state index contributed by atoms with van der Waals surface area (Å²) in [6.45, 7) is 20.8. The van der Waals surface area contributed by atoms with Crippen LogP contribution in [0.15, 0.2) is 201 Å². The number of aryl methyl sites for hydroxylation is 1. The summed E-state index contributed by atoms with van der Waals surface area (Å²) in [5.74, 6) is 5.05. The number of fused-ring (bicyclic) bond motifs is 2. The van der Waals surface area contributed by atoms with Crippen molar-refractivity contribution in [2.45, 2.75) is 33.1 Å². The normalized spacial score (nSPS) is 12.9.